The van der Waals surface area contributed by atoms with Crippen molar-refractivity contribution in [2.45, 2.75) is 0 Å². The molecule has 3 rings (SSSR count). The molecule has 3 aromatic rings. The molecule has 0 aliphatic carbocycles. The van der Waals surface area contributed by atoms with Crippen molar-refractivity contribution in [3.05, 3.63) is 56.2 Å². The zero-order valence-electron chi connectivity index (χ0n) is 12.5. The van der Waals surface area contributed by atoms with Crippen molar-refractivity contribution in [1.82, 2.24) is 28.7 Å². The Labute approximate surface area is 143 Å². The zero-order chi connectivity index (χ0) is 13.2. The summed E-state index contributed by atoms with van der Waals surface area (Å²) < 4.78 is 5.67. The normalized spacial score (nSPS) is 7.23. The van der Waals surface area contributed by atoms with Crippen LogP contribution in [0.1, 0.15) is 0 Å². The first-order valence-corrected chi connectivity index (χ1v) is 5.44. The third kappa shape index (κ3) is 14.6. The molecule has 126 valence electrons. The van der Waals surface area contributed by atoms with Gasteiger partial charge in [-0.05, 0) is 0 Å². The molecule has 0 N–H and O–H groups in total. The van der Waals surface area contributed by atoms with E-state index in [1.54, 1.807) is 37.6 Å². The summed E-state index contributed by atoms with van der Waals surface area (Å²) in [5.41, 5.74) is 0. The van der Waals surface area contributed by atoms with E-state index in [-0.39, 0.29) is 37.5 Å². The van der Waals surface area contributed by atoms with Gasteiger partial charge < -0.3 is 30.1 Å². The van der Waals surface area contributed by atoms with Crippen LogP contribution in [0.4, 0.5) is 0 Å². The molecule has 0 amide bonds. The van der Waals surface area contributed by atoms with Crippen molar-refractivity contribution >= 4 is 0 Å². The topological polar surface area (TPSA) is 139 Å². The van der Waals surface area contributed by atoms with Crippen LogP contribution in [-0.4, -0.2) is 28.7 Å². The van der Waals surface area contributed by atoms with Gasteiger partial charge in [0.1, 0.15) is 0 Å². The van der Waals surface area contributed by atoms with Gasteiger partial charge in [-0.15, -0.1) is 0 Å². The minimum Gasteiger partial charge on any atom is -2.00 e. The monoisotopic (exact) mass is 392 g/mol. The minimum atomic E-state index is 0. The van der Waals surface area contributed by atoms with Crippen molar-refractivity contribution in [3.63, 3.8) is 0 Å². The molecular weight excluding hydrogens is 372 g/mol. The standard InChI is InChI=1S/3C4H6N2.Mo.3O/c3*1-6-3-2-5-4-6;;;;/h3*2-4H,1H3;;;;/q;;;;3*-2. The van der Waals surface area contributed by atoms with Gasteiger partial charge in [0.2, 0.25) is 0 Å². The Balaban J connectivity index is -0.000000101. The Bertz CT molecular complexity index is 422. The molecule has 10 heteroatoms. The van der Waals surface area contributed by atoms with Gasteiger partial charge in [-0.3, -0.25) is 0 Å². The maximum absolute atomic E-state index is 3.78. The van der Waals surface area contributed by atoms with Gasteiger partial charge in [-0.1, -0.05) is 0 Å². The van der Waals surface area contributed by atoms with Gasteiger partial charge in [0.15, 0.2) is 0 Å². The molecule has 0 radical (unpaired) electrons. The molecule has 0 aliphatic rings. The van der Waals surface area contributed by atoms with Gasteiger partial charge in [-0.2, -0.15) is 0 Å². The Morgan fingerprint density at radius 2 is 0.773 bits per heavy atom. The maximum atomic E-state index is 3.78. The van der Waals surface area contributed by atoms with Crippen molar-refractivity contribution < 1.29 is 37.5 Å². The fraction of sp³-hybridized carbons (Fsp3) is 0.250. The molecule has 0 spiro atoms. The molecule has 0 saturated heterocycles. The second-order valence-electron chi connectivity index (χ2n) is 3.68. The maximum Gasteiger partial charge on any atom is 0.0943 e. The van der Waals surface area contributed by atoms with Crippen LogP contribution in [0.3, 0.4) is 0 Å². The van der Waals surface area contributed by atoms with Crippen molar-refractivity contribution in [1.29, 1.82) is 0 Å². The average molecular weight is 390 g/mol. The van der Waals surface area contributed by atoms with Crippen LogP contribution < -0.4 is 0 Å². The summed E-state index contributed by atoms with van der Waals surface area (Å²) in [4.78, 5) is 11.4. The van der Waals surface area contributed by atoms with E-state index in [2.05, 4.69) is 15.0 Å². The molecule has 0 unspecified atom stereocenters. The van der Waals surface area contributed by atoms with Crippen LogP contribution in [0, 0.1) is 0 Å². The molecule has 0 bridgehead atoms. The Kier molecular flexibility index (Phi) is 22.2. The van der Waals surface area contributed by atoms with Gasteiger partial charge in [0, 0.05) is 79.4 Å². The molecule has 0 fully saturated rings. The minimum absolute atomic E-state index is 0. The summed E-state index contributed by atoms with van der Waals surface area (Å²) in [7, 11) is 5.81. The van der Waals surface area contributed by atoms with Crippen molar-refractivity contribution in [2.24, 2.45) is 21.1 Å². The quantitative estimate of drug-likeness (QED) is 0.527. The summed E-state index contributed by atoms with van der Waals surface area (Å²) in [6, 6.07) is 0. The molecule has 0 aliphatic heterocycles. The summed E-state index contributed by atoms with van der Waals surface area (Å²) >= 11 is 0. The summed E-state index contributed by atoms with van der Waals surface area (Å²) in [5, 5.41) is 0. The number of hydrogen-bond donors (Lipinski definition) is 0. The molecule has 22 heavy (non-hydrogen) atoms. The molecule has 0 aromatic carbocycles. The van der Waals surface area contributed by atoms with Gasteiger partial charge in [0.05, 0.1) is 19.0 Å². The summed E-state index contributed by atoms with van der Waals surface area (Å²) in [6.07, 6.45) is 16.2. The number of rotatable bonds is 0. The van der Waals surface area contributed by atoms with E-state index in [1.165, 1.54) is 0 Å². The largest absolute Gasteiger partial charge is 2.00 e. The predicted molar refractivity (Wildman–Crippen MR) is 71.7 cm³/mol. The Hall–Kier alpha value is -1.80. The first-order chi connectivity index (χ1) is 8.68. The van der Waals surface area contributed by atoms with E-state index >= 15 is 0 Å². The van der Waals surface area contributed by atoms with E-state index in [1.807, 2.05) is 53.4 Å². The molecule has 0 saturated carbocycles. The number of imidazole rings is 3. The third-order valence-electron chi connectivity index (χ3n) is 1.91. The van der Waals surface area contributed by atoms with Crippen LogP contribution in [-0.2, 0) is 58.6 Å². The van der Waals surface area contributed by atoms with E-state index in [0.717, 1.165) is 0 Å². The molecule has 3 heterocycles. The first kappa shape index (κ1) is 28.4. The fourth-order valence-corrected chi connectivity index (χ4v) is 0.977. The third-order valence-corrected chi connectivity index (χ3v) is 1.91. The molecule has 9 nitrogen and oxygen atoms in total. The van der Waals surface area contributed by atoms with Crippen LogP contribution in [0.25, 0.3) is 0 Å². The van der Waals surface area contributed by atoms with E-state index < -0.39 is 0 Å². The van der Waals surface area contributed by atoms with Gasteiger partial charge in [-0.25, -0.2) is 15.0 Å². The number of nitrogens with zero attached hydrogens (tertiary/aromatic N) is 6. The second-order valence-corrected chi connectivity index (χ2v) is 3.68. The van der Waals surface area contributed by atoms with Crippen LogP contribution >= 0.6 is 0 Å². The number of aryl methyl sites for hydroxylation is 3. The predicted octanol–water partition coefficient (Wildman–Crippen LogP) is 0.901. The van der Waals surface area contributed by atoms with Crippen LogP contribution in [0.15, 0.2) is 56.2 Å². The SMILES string of the molecule is Cn1ccnc1.Cn1ccnc1.Cn1ccnc1.[Mo].[O-2].[O-2].[O-2]. The summed E-state index contributed by atoms with van der Waals surface area (Å²) in [6.45, 7) is 0. The molecule has 0 atom stereocenters. The first-order valence-electron chi connectivity index (χ1n) is 5.44. The van der Waals surface area contributed by atoms with Crippen LogP contribution in [0.2, 0.25) is 0 Å². The molecule has 3 aromatic heterocycles. The van der Waals surface area contributed by atoms with E-state index in [9.17, 15) is 0 Å². The number of aromatic nitrogens is 6. The van der Waals surface area contributed by atoms with Gasteiger partial charge in [0.25, 0.3) is 0 Å². The Morgan fingerprint density at radius 3 is 0.818 bits per heavy atom. The second kappa shape index (κ2) is 17.3. The Morgan fingerprint density at radius 1 is 0.545 bits per heavy atom. The van der Waals surface area contributed by atoms with Gasteiger partial charge >= 0.3 is 0 Å². The van der Waals surface area contributed by atoms with Crippen molar-refractivity contribution in [2.75, 3.05) is 0 Å². The summed E-state index contributed by atoms with van der Waals surface area (Å²) in [5.74, 6) is 0. The molecular formula is C12H18MoN6O3-6. The van der Waals surface area contributed by atoms with E-state index in [4.69, 9.17) is 0 Å². The zero-order valence-corrected chi connectivity index (χ0v) is 14.5. The van der Waals surface area contributed by atoms with Crippen LogP contribution in [0.5, 0.6) is 0 Å². The van der Waals surface area contributed by atoms with E-state index in [0.29, 0.717) is 0 Å². The van der Waals surface area contributed by atoms with Crippen molar-refractivity contribution in [3.8, 4) is 0 Å². The average Bonchev–Trinajstić information content (AvgIpc) is 3.05. The fourth-order valence-electron chi connectivity index (χ4n) is 0.977. The number of hydrogen-bond acceptors (Lipinski definition) is 3. The smallest absolute Gasteiger partial charge is 0.0943 e.